The molecule has 2 aromatic carbocycles. The Balaban J connectivity index is 2.38. The lowest BCUT2D eigenvalue weighted by Gasteiger charge is -2.14. The predicted molar refractivity (Wildman–Crippen MR) is 76.2 cm³/mol. The number of ether oxygens (including phenoxy) is 1. The van der Waals surface area contributed by atoms with E-state index < -0.39 is 6.10 Å². The van der Waals surface area contributed by atoms with Crippen molar-refractivity contribution >= 4 is 27.5 Å². The average Bonchev–Trinajstić information content (AvgIpc) is 2.38. The van der Waals surface area contributed by atoms with Crippen molar-refractivity contribution in [1.82, 2.24) is 0 Å². The summed E-state index contributed by atoms with van der Waals surface area (Å²) < 4.78 is 18.6. The molecule has 19 heavy (non-hydrogen) atoms. The van der Waals surface area contributed by atoms with E-state index in [1.165, 1.54) is 25.3 Å². The Kier molecular flexibility index (Phi) is 4.45. The van der Waals surface area contributed by atoms with Gasteiger partial charge in [-0.2, -0.15) is 0 Å². The molecule has 1 atom stereocenters. The van der Waals surface area contributed by atoms with Crippen LogP contribution in [-0.4, -0.2) is 12.2 Å². The molecule has 0 radical (unpaired) electrons. The summed E-state index contributed by atoms with van der Waals surface area (Å²) >= 11 is 9.25. The average molecular weight is 346 g/mol. The molecule has 0 spiro atoms. The summed E-state index contributed by atoms with van der Waals surface area (Å²) in [6.07, 6.45) is -0.890. The molecule has 0 amide bonds. The Morgan fingerprint density at radius 1 is 1.26 bits per heavy atom. The minimum Gasteiger partial charge on any atom is -0.495 e. The Labute approximate surface area is 123 Å². The van der Waals surface area contributed by atoms with Gasteiger partial charge in [-0.05, 0) is 35.4 Å². The summed E-state index contributed by atoms with van der Waals surface area (Å²) in [5, 5.41) is 10.7. The van der Waals surface area contributed by atoms with Gasteiger partial charge >= 0.3 is 0 Å². The first-order valence-electron chi connectivity index (χ1n) is 5.49. The number of methoxy groups -OCH3 is 1. The lowest BCUT2D eigenvalue weighted by molar-refractivity contribution is 0.219. The number of hydrogen-bond acceptors (Lipinski definition) is 2. The van der Waals surface area contributed by atoms with Crippen LogP contribution >= 0.6 is 27.5 Å². The predicted octanol–water partition coefficient (Wildman–Crippen LogP) is 4.33. The van der Waals surface area contributed by atoms with E-state index in [0.29, 0.717) is 26.4 Å². The lowest BCUT2D eigenvalue weighted by atomic mass is 10.0. The molecular formula is C14H11BrClFO2. The summed E-state index contributed by atoms with van der Waals surface area (Å²) in [6.45, 7) is 0. The van der Waals surface area contributed by atoms with E-state index >= 15 is 0 Å². The Bertz CT molecular complexity index is 604. The molecule has 5 heteroatoms. The normalized spacial score (nSPS) is 12.3. The quantitative estimate of drug-likeness (QED) is 0.897. The van der Waals surface area contributed by atoms with Gasteiger partial charge in [0.2, 0.25) is 0 Å². The zero-order valence-corrected chi connectivity index (χ0v) is 12.4. The largest absolute Gasteiger partial charge is 0.495 e. The van der Waals surface area contributed by atoms with Crippen molar-refractivity contribution in [2.75, 3.05) is 7.11 Å². The highest BCUT2D eigenvalue weighted by atomic mass is 79.9. The van der Waals surface area contributed by atoms with Gasteiger partial charge in [0, 0.05) is 4.47 Å². The van der Waals surface area contributed by atoms with Gasteiger partial charge in [0.25, 0.3) is 0 Å². The molecule has 0 bridgehead atoms. The fourth-order valence-corrected chi connectivity index (χ4v) is 2.59. The van der Waals surface area contributed by atoms with Crippen molar-refractivity contribution < 1.29 is 14.2 Å². The third kappa shape index (κ3) is 3.08. The summed E-state index contributed by atoms with van der Waals surface area (Å²) in [5.41, 5.74) is 1.18. The summed E-state index contributed by atoms with van der Waals surface area (Å²) in [4.78, 5) is 0. The van der Waals surface area contributed by atoms with E-state index in [-0.39, 0.29) is 5.82 Å². The molecule has 0 heterocycles. The highest BCUT2D eigenvalue weighted by Crippen LogP contribution is 2.33. The third-order valence-corrected chi connectivity index (χ3v) is 3.73. The van der Waals surface area contributed by atoms with Gasteiger partial charge in [-0.25, -0.2) is 4.39 Å². The molecule has 100 valence electrons. The van der Waals surface area contributed by atoms with E-state index in [1.807, 2.05) is 0 Å². The van der Waals surface area contributed by atoms with Crippen LogP contribution < -0.4 is 4.74 Å². The van der Waals surface area contributed by atoms with E-state index in [0.717, 1.165) is 0 Å². The standard InChI is InChI=1S/C14H11BrClFO2/c1-19-13-5-2-8(6-12(13)16)14(18)10-4-3-9(17)7-11(10)15/h2-7,14,18H,1H3. The maximum atomic E-state index is 13.0. The van der Waals surface area contributed by atoms with Crippen LogP contribution in [0.2, 0.25) is 5.02 Å². The zero-order chi connectivity index (χ0) is 14.0. The van der Waals surface area contributed by atoms with Crippen LogP contribution in [0.3, 0.4) is 0 Å². The fraction of sp³-hybridized carbons (Fsp3) is 0.143. The van der Waals surface area contributed by atoms with Crippen LogP contribution in [0, 0.1) is 5.82 Å². The first kappa shape index (κ1) is 14.3. The van der Waals surface area contributed by atoms with Gasteiger partial charge in [0.1, 0.15) is 17.7 Å². The first-order valence-corrected chi connectivity index (χ1v) is 6.66. The monoisotopic (exact) mass is 344 g/mol. The number of halogens is 3. The minimum absolute atomic E-state index is 0.365. The van der Waals surface area contributed by atoms with Crippen LogP contribution in [0.4, 0.5) is 4.39 Å². The minimum atomic E-state index is -0.890. The van der Waals surface area contributed by atoms with Crippen LogP contribution in [0.1, 0.15) is 17.2 Å². The topological polar surface area (TPSA) is 29.5 Å². The lowest BCUT2D eigenvalue weighted by Crippen LogP contribution is -2.01. The molecule has 0 aromatic heterocycles. The van der Waals surface area contributed by atoms with Gasteiger partial charge in [-0.15, -0.1) is 0 Å². The van der Waals surface area contributed by atoms with Gasteiger partial charge in [0.15, 0.2) is 0 Å². The highest BCUT2D eigenvalue weighted by Gasteiger charge is 2.15. The number of aliphatic hydroxyl groups is 1. The molecule has 2 rings (SSSR count). The van der Waals surface area contributed by atoms with Crippen LogP contribution in [0.25, 0.3) is 0 Å². The SMILES string of the molecule is COc1ccc(C(O)c2ccc(F)cc2Br)cc1Cl. The Hall–Kier alpha value is -1.10. The molecule has 0 saturated carbocycles. The fourth-order valence-electron chi connectivity index (χ4n) is 1.76. The van der Waals surface area contributed by atoms with Gasteiger partial charge < -0.3 is 9.84 Å². The van der Waals surface area contributed by atoms with Crippen molar-refractivity contribution in [3.63, 3.8) is 0 Å². The number of aliphatic hydroxyl groups excluding tert-OH is 1. The smallest absolute Gasteiger partial charge is 0.137 e. The molecule has 2 aromatic rings. The molecule has 0 fully saturated rings. The second kappa shape index (κ2) is 5.90. The molecule has 0 aliphatic heterocycles. The molecule has 2 nitrogen and oxygen atoms in total. The third-order valence-electron chi connectivity index (χ3n) is 2.75. The molecule has 0 saturated heterocycles. The van der Waals surface area contributed by atoms with E-state index in [4.69, 9.17) is 16.3 Å². The van der Waals surface area contributed by atoms with E-state index in [1.54, 1.807) is 18.2 Å². The van der Waals surface area contributed by atoms with Crippen molar-refractivity contribution in [3.05, 3.63) is 62.8 Å². The van der Waals surface area contributed by atoms with Crippen LogP contribution in [-0.2, 0) is 0 Å². The number of hydrogen-bond donors (Lipinski definition) is 1. The Morgan fingerprint density at radius 2 is 2.00 bits per heavy atom. The van der Waals surface area contributed by atoms with Crippen molar-refractivity contribution in [3.8, 4) is 5.75 Å². The molecule has 1 unspecified atom stereocenters. The van der Waals surface area contributed by atoms with E-state index in [9.17, 15) is 9.50 Å². The number of rotatable bonds is 3. The van der Waals surface area contributed by atoms with Crippen molar-refractivity contribution in [2.24, 2.45) is 0 Å². The van der Waals surface area contributed by atoms with Crippen molar-refractivity contribution in [1.29, 1.82) is 0 Å². The first-order chi connectivity index (χ1) is 9.02. The van der Waals surface area contributed by atoms with Crippen molar-refractivity contribution in [2.45, 2.75) is 6.10 Å². The summed E-state index contributed by atoms with van der Waals surface area (Å²) in [6, 6.07) is 9.16. The van der Waals surface area contributed by atoms with Gasteiger partial charge in [0.05, 0.1) is 12.1 Å². The molecule has 0 aliphatic carbocycles. The molecular weight excluding hydrogens is 335 g/mol. The second-order valence-electron chi connectivity index (χ2n) is 3.96. The van der Waals surface area contributed by atoms with Crippen LogP contribution in [0.5, 0.6) is 5.75 Å². The summed E-state index contributed by atoms with van der Waals surface area (Å²) in [7, 11) is 1.52. The maximum absolute atomic E-state index is 13.0. The zero-order valence-electron chi connectivity index (χ0n) is 10.0. The highest BCUT2D eigenvalue weighted by molar-refractivity contribution is 9.10. The van der Waals surface area contributed by atoms with Gasteiger partial charge in [-0.1, -0.05) is 39.7 Å². The molecule has 1 N–H and O–H groups in total. The summed E-state index contributed by atoms with van der Waals surface area (Å²) in [5.74, 6) is 0.173. The second-order valence-corrected chi connectivity index (χ2v) is 5.22. The van der Waals surface area contributed by atoms with Crippen LogP contribution in [0.15, 0.2) is 40.9 Å². The van der Waals surface area contributed by atoms with E-state index in [2.05, 4.69) is 15.9 Å². The molecule has 0 aliphatic rings. The Morgan fingerprint density at radius 3 is 2.58 bits per heavy atom. The van der Waals surface area contributed by atoms with Gasteiger partial charge in [-0.3, -0.25) is 0 Å². The maximum Gasteiger partial charge on any atom is 0.137 e. The number of benzene rings is 2.